The van der Waals surface area contributed by atoms with Gasteiger partial charge >= 0.3 is 0 Å². The van der Waals surface area contributed by atoms with E-state index in [1.165, 1.54) is 19.1 Å². The van der Waals surface area contributed by atoms with E-state index < -0.39 is 12.5 Å². The monoisotopic (exact) mass is 139 g/mol. The highest BCUT2D eigenvalue weighted by molar-refractivity contribution is 5.16. The summed E-state index contributed by atoms with van der Waals surface area (Å²) in [5.41, 5.74) is 0.266. The Bertz CT molecular complexity index is 277. The van der Waals surface area contributed by atoms with E-state index in [1.807, 2.05) is 0 Å². The van der Waals surface area contributed by atoms with Crippen LogP contribution in [-0.2, 0) is 0 Å². The predicted molar refractivity (Wildman–Crippen MR) is 41.7 cm³/mol. The molecule has 1 heteroatoms. The molecule has 0 amide bonds. The van der Waals surface area contributed by atoms with Gasteiger partial charge in [0.2, 0.25) is 0 Å². The standard InChI is InChI=1S/C9H12O/c1-2-9(10)8-6-4-3-5-7-8/h3-7,9-10H,2H2,1H3/i2D2,9D. The maximum absolute atomic E-state index is 9.61. The Morgan fingerprint density at radius 3 is 2.70 bits per heavy atom. The van der Waals surface area contributed by atoms with Gasteiger partial charge in [-0.2, -0.15) is 0 Å². The molecular weight excluding hydrogens is 124 g/mol. The van der Waals surface area contributed by atoms with Crippen LogP contribution in [0.15, 0.2) is 30.3 Å². The smallest absolute Gasteiger partial charge is 0.0787 e. The summed E-state index contributed by atoms with van der Waals surface area (Å²) in [7, 11) is 0. The fourth-order valence-electron chi connectivity index (χ4n) is 0.740. The molecule has 0 aliphatic heterocycles. The van der Waals surface area contributed by atoms with Gasteiger partial charge in [-0.25, -0.2) is 0 Å². The van der Waals surface area contributed by atoms with Crippen LogP contribution in [-0.4, -0.2) is 5.11 Å². The molecule has 1 aromatic rings. The minimum atomic E-state index is -2.19. The van der Waals surface area contributed by atoms with Gasteiger partial charge in [0.1, 0.15) is 0 Å². The third-order valence-electron chi connectivity index (χ3n) is 1.28. The molecule has 0 radical (unpaired) electrons. The molecule has 1 N–H and O–H groups in total. The largest absolute Gasteiger partial charge is 0.388 e. The van der Waals surface area contributed by atoms with Crippen molar-refractivity contribution in [3.8, 4) is 0 Å². The van der Waals surface area contributed by atoms with Gasteiger partial charge in [-0.05, 0) is 11.9 Å². The summed E-state index contributed by atoms with van der Waals surface area (Å²) in [5.74, 6) is 0. The van der Waals surface area contributed by atoms with Gasteiger partial charge in [-0.1, -0.05) is 37.3 Å². The molecule has 0 aliphatic carbocycles. The Morgan fingerprint density at radius 1 is 1.60 bits per heavy atom. The molecule has 0 aliphatic rings. The van der Waals surface area contributed by atoms with Crippen molar-refractivity contribution in [3.05, 3.63) is 35.9 Å². The molecule has 1 aromatic carbocycles. The van der Waals surface area contributed by atoms with E-state index in [2.05, 4.69) is 0 Å². The minimum absolute atomic E-state index is 0.266. The van der Waals surface area contributed by atoms with Crippen LogP contribution in [0.5, 0.6) is 0 Å². The summed E-state index contributed by atoms with van der Waals surface area (Å²) in [4.78, 5) is 0. The molecule has 1 atom stereocenters. The van der Waals surface area contributed by atoms with Crippen molar-refractivity contribution in [2.24, 2.45) is 0 Å². The lowest BCUT2D eigenvalue weighted by atomic mass is 10.1. The Labute approximate surface area is 65.5 Å². The summed E-state index contributed by atoms with van der Waals surface area (Å²) in [5, 5.41) is 9.61. The Kier molecular flexibility index (Phi) is 1.40. The Balaban J connectivity index is 3.08. The highest BCUT2D eigenvalue weighted by Crippen LogP contribution is 2.14. The van der Waals surface area contributed by atoms with E-state index >= 15 is 0 Å². The Morgan fingerprint density at radius 2 is 2.20 bits per heavy atom. The van der Waals surface area contributed by atoms with Crippen molar-refractivity contribution >= 4 is 0 Å². The van der Waals surface area contributed by atoms with Gasteiger partial charge in [-0.3, -0.25) is 0 Å². The van der Waals surface area contributed by atoms with Crippen molar-refractivity contribution in [2.75, 3.05) is 0 Å². The molecule has 0 bridgehead atoms. The molecule has 10 heavy (non-hydrogen) atoms. The van der Waals surface area contributed by atoms with Crippen molar-refractivity contribution in [1.82, 2.24) is 0 Å². The summed E-state index contributed by atoms with van der Waals surface area (Å²) < 4.78 is 22.1. The quantitative estimate of drug-likeness (QED) is 0.665. The third kappa shape index (κ3) is 1.58. The molecule has 0 heterocycles. The lowest BCUT2D eigenvalue weighted by molar-refractivity contribution is 0.173. The van der Waals surface area contributed by atoms with Gasteiger partial charge in [0.05, 0.1) is 7.45 Å². The average Bonchev–Trinajstić information content (AvgIpc) is 2.04. The first-order valence-corrected chi connectivity index (χ1v) is 3.13. The summed E-state index contributed by atoms with van der Waals surface area (Å²) in [6, 6.07) is 8.16. The normalized spacial score (nSPS) is 22.0. The molecule has 0 saturated heterocycles. The number of benzene rings is 1. The van der Waals surface area contributed by atoms with E-state index in [4.69, 9.17) is 4.11 Å². The highest BCUT2D eigenvalue weighted by atomic mass is 16.3. The number of hydrogen-bond donors (Lipinski definition) is 1. The van der Waals surface area contributed by atoms with E-state index in [1.54, 1.807) is 18.2 Å². The summed E-state index contributed by atoms with van der Waals surface area (Å²) in [6.07, 6.45) is -4.16. The van der Waals surface area contributed by atoms with Gasteiger partial charge in [-0.15, -0.1) is 0 Å². The van der Waals surface area contributed by atoms with Crippen LogP contribution in [0.4, 0.5) is 0 Å². The second-order valence-electron chi connectivity index (χ2n) is 1.96. The maximum atomic E-state index is 9.61. The Hall–Kier alpha value is -0.820. The van der Waals surface area contributed by atoms with Crippen LogP contribution in [0, 0.1) is 0 Å². The van der Waals surface area contributed by atoms with Gasteiger partial charge in [0.15, 0.2) is 0 Å². The van der Waals surface area contributed by atoms with E-state index in [9.17, 15) is 5.11 Å². The first-order chi connectivity index (χ1) is 5.86. The number of rotatable bonds is 2. The van der Waals surface area contributed by atoms with Crippen molar-refractivity contribution in [2.45, 2.75) is 19.4 Å². The molecule has 0 saturated carbocycles. The van der Waals surface area contributed by atoms with Gasteiger partial charge < -0.3 is 5.11 Å². The van der Waals surface area contributed by atoms with Crippen molar-refractivity contribution in [1.29, 1.82) is 0 Å². The molecule has 0 aromatic heterocycles. The van der Waals surface area contributed by atoms with Crippen molar-refractivity contribution < 1.29 is 9.22 Å². The lowest BCUT2D eigenvalue weighted by Crippen LogP contribution is -1.93. The van der Waals surface area contributed by atoms with Gasteiger partial charge in [0.25, 0.3) is 0 Å². The fraction of sp³-hybridized carbons (Fsp3) is 0.333. The van der Waals surface area contributed by atoms with Crippen LogP contribution in [0.3, 0.4) is 0 Å². The minimum Gasteiger partial charge on any atom is -0.388 e. The number of hydrogen-bond acceptors (Lipinski definition) is 1. The first kappa shape index (κ1) is 4.14. The molecule has 0 spiro atoms. The molecule has 1 nitrogen and oxygen atoms in total. The van der Waals surface area contributed by atoms with E-state index in [-0.39, 0.29) is 5.56 Å². The predicted octanol–water partition coefficient (Wildman–Crippen LogP) is 2.13. The summed E-state index contributed by atoms with van der Waals surface area (Å²) in [6.45, 7) is 1.19. The summed E-state index contributed by atoms with van der Waals surface area (Å²) >= 11 is 0. The molecule has 1 unspecified atom stereocenters. The zero-order valence-corrected chi connectivity index (χ0v) is 5.83. The molecule has 54 valence electrons. The average molecular weight is 139 g/mol. The van der Waals surface area contributed by atoms with Crippen molar-refractivity contribution in [3.63, 3.8) is 0 Å². The van der Waals surface area contributed by atoms with E-state index in [0.29, 0.717) is 0 Å². The lowest BCUT2D eigenvalue weighted by Gasteiger charge is -2.05. The van der Waals surface area contributed by atoms with Crippen LogP contribution in [0.25, 0.3) is 0 Å². The molecule has 0 fully saturated rings. The maximum Gasteiger partial charge on any atom is 0.0787 e. The fourth-order valence-corrected chi connectivity index (χ4v) is 0.740. The number of aliphatic hydroxyl groups is 1. The van der Waals surface area contributed by atoms with Crippen LogP contribution >= 0.6 is 0 Å². The van der Waals surface area contributed by atoms with E-state index in [0.717, 1.165) is 0 Å². The first-order valence-electron chi connectivity index (χ1n) is 4.63. The molecule has 1 rings (SSSR count). The highest BCUT2D eigenvalue weighted by Gasteiger charge is 2.00. The second-order valence-corrected chi connectivity index (χ2v) is 1.96. The SMILES string of the molecule is [2H]C([2H])(C)C([2H])(O)c1ccccc1. The zero-order chi connectivity index (χ0) is 10.1. The molecular formula is C9H12O. The zero-order valence-electron chi connectivity index (χ0n) is 8.83. The van der Waals surface area contributed by atoms with Crippen LogP contribution in [0.2, 0.25) is 0 Å². The third-order valence-corrected chi connectivity index (χ3v) is 1.28. The second kappa shape index (κ2) is 3.37. The topological polar surface area (TPSA) is 20.2 Å². The van der Waals surface area contributed by atoms with Crippen LogP contribution in [0.1, 0.15) is 29.1 Å². The van der Waals surface area contributed by atoms with Crippen LogP contribution < -0.4 is 0 Å². The van der Waals surface area contributed by atoms with Gasteiger partial charge in [0, 0.05) is 2.74 Å².